The number of pyridine rings is 1. The summed E-state index contributed by atoms with van der Waals surface area (Å²) in [4.78, 5) is 31.4. The van der Waals surface area contributed by atoms with E-state index in [1.165, 1.54) is 0 Å². The second-order valence-corrected chi connectivity index (χ2v) is 7.53. The van der Waals surface area contributed by atoms with Crippen molar-refractivity contribution in [3.63, 3.8) is 0 Å². The van der Waals surface area contributed by atoms with Crippen LogP contribution in [0.25, 0.3) is 0 Å². The molecule has 2 aromatic heterocycles. The summed E-state index contributed by atoms with van der Waals surface area (Å²) >= 11 is 0. The molecule has 0 spiro atoms. The maximum atomic E-state index is 12.7. The summed E-state index contributed by atoms with van der Waals surface area (Å²) in [7, 11) is 0. The summed E-state index contributed by atoms with van der Waals surface area (Å²) in [5, 5.41) is 10.2. The standard InChI is InChI=1S/C19H21N5O2/c25-17-9-15(21-19(26)16-8-14(22-23-16)11-3-4-11)18(24(17)13-5-6-13)12-2-1-7-20-10-12/h1-2,7-8,10-11,13,15,18H,3-6,9H2,(H,21,26)(H,22,23)/t15-,18+/m1/s1. The molecule has 26 heavy (non-hydrogen) atoms. The van der Waals surface area contributed by atoms with Crippen LogP contribution in [0.3, 0.4) is 0 Å². The highest BCUT2D eigenvalue weighted by Crippen LogP contribution is 2.42. The third-order valence-electron chi connectivity index (χ3n) is 5.49. The van der Waals surface area contributed by atoms with E-state index in [1.54, 1.807) is 12.4 Å². The quantitative estimate of drug-likeness (QED) is 0.861. The highest BCUT2D eigenvalue weighted by molar-refractivity contribution is 5.93. The molecule has 1 saturated heterocycles. The van der Waals surface area contributed by atoms with Crippen molar-refractivity contribution in [2.75, 3.05) is 0 Å². The van der Waals surface area contributed by atoms with Gasteiger partial charge in [0.1, 0.15) is 5.69 Å². The normalized spacial score (nSPS) is 25.5. The van der Waals surface area contributed by atoms with Gasteiger partial charge >= 0.3 is 0 Å². The van der Waals surface area contributed by atoms with E-state index < -0.39 is 0 Å². The second kappa shape index (κ2) is 5.93. The van der Waals surface area contributed by atoms with Gasteiger partial charge in [0.15, 0.2) is 0 Å². The molecule has 2 aliphatic carbocycles. The molecule has 0 aromatic carbocycles. The Kier molecular flexibility index (Phi) is 3.55. The molecule has 7 nitrogen and oxygen atoms in total. The number of nitrogens with one attached hydrogen (secondary N) is 2. The summed E-state index contributed by atoms with van der Waals surface area (Å²) in [6.45, 7) is 0. The van der Waals surface area contributed by atoms with Crippen molar-refractivity contribution in [3.05, 3.63) is 47.5 Å². The number of nitrogens with zero attached hydrogens (tertiary/aromatic N) is 3. The van der Waals surface area contributed by atoms with Crippen molar-refractivity contribution in [1.82, 2.24) is 25.4 Å². The molecule has 3 heterocycles. The Morgan fingerprint density at radius 2 is 2.12 bits per heavy atom. The van der Waals surface area contributed by atoms with Crippen LogP contribution in [0.4, 0.5) is 0 Å². The molecular formula is C19H21N5O2. The Balaban J connectivity index is 1.38. The zero-order chi connectivity index (χ0) is 17.7. The van der Waals surface area contributed by atoms with Crippen molar-refractivity contribution in [2.24, 2.45) is 0 Å². The van der Waals surface area contributed by atoms with Gasteiger partial charge in [-0.2, -0.15) is 5.10 Å². The number of hydrogen-bond donors (Lipinski definition) is 2. The predicted octanol–water partition coefficient (Wildman–Crippen LogP) is 1.92. The lowest BCUT2D eigenvalue weighted by atomic mass is 10.0. The molecule has 1 aliphatic heterocycles. The molecule has 3 fully saturated rings. The van der Waals surface area contributed by atoms with Gasteiger partial charge in [0, 0.05) is 36.5 Å². The Labute approximate surface area is 151 Å². The van der Waals surface area contributed by atoms with Crippen molar-refractivity contribution < 1.29 is 9.59 Å². The summed E-state index contributed by atoms with van der Waals surface area (Å²) < 4.78 is 0. The number of amides is 2. The minimum atomic E-state index is -0.263. The minimum absolute atomic E-state index is 0.104. The zero-order valence-electron chi connectivity index (χ0n) is 14.4. The van der Waals surface area contributed by atoms with Crippen LogP contribution in [0.5, 0.6) is 0 Å². The highest BCUT2D eigenvalue weighted by atomic mass is 16.2. The van der Waals surface area contributed by atoms with Crippen LogP contribution in [0.1, 0.15) is 65.8 Å². The fraction of sp³-hybridized carbons (Fsp3) is 0.474. The van der Waals surface area contributed by atoms with E-state index in [0.29, 0.717) is 24.1 Å². The van der Waals surface area contributed by atoms with Crippen LogP contribution < -0.4 is 5.32 Å². The fourth-order valence-electron chi connectivity index (χ4n) is 3.91. The monoisotopic (exact) mass is 351 g/mol. The summed E-state index contributed by atoms with van der Waals surface area (Å²) in [6, 6.07) is 5.56. The first-order chi connectivity index (χ1) is 12.7. The molecule has 3 aliphatic rings. The highest BCUT2D eigenvalue weighted by Gasteiger charge is 2.48. The molecular weight excluding hydrogens is 330 g/mol. The number of aromatic nitrogens is 3. The van der Waals surface area contributed by atoms with Crippen LogP contribution in [0.15, 0.2) is 30.6 Å². The van der Waals surface area contributed by atoms with E-state index in [2.05, 4.69) is 20.5 Å². The fourth-order valence-corrected chi connectivity index (χ4v) is 3.91. The average Bonchev–Trinajstić information content (AvgIpc) is 3.58. The van der Waals surface area contributed by atoms with E-state index in [-0.39, 0.29) is 23.9 Å². The van der Waals surface area contributed by atoms with Gasteiger partial charge in [-0.3, -0.25) is 19.7 Å². The minimum Gasteiger partial charge on any atom is -0.345 e. The summed E-state index contributed by atoms with van der Waals surface area (Å²) in [5.41, 5.74) is 2.39. The third-order valence-corrected chi connectivity index (χ3v) is 5.49. The molecule has 2 N–H and O–H groups in total. The first-order valence-electron chi connectivity index (χ1n) is 9.28. The van der Waals surface area contributed by atoms with E-state index in [9.17, 15) is 9.59 Å². The number of aromatic amines is 1. The Morgan fingerprint density at radius 3 is 2.81 bits per heavy atom. The van der Waals surface area contributed by atoms with Crippen LogP contribution in [0, 0.1) is 0 Å². The van der Waals surface area contributed by atoms with Crippen molar-refractivity contribution in [2.45, 2.75) is 56.1 Å². The molecule has 0 unspecified atom stereocenters. The molecule has 2 amide bonds. The number of carbonyl (C=O) groups excluding carboxylic acids is 2. The number of rotatable bonds is 5. The molecule has 2 aromatic rings. The van der Waals surface area contributed by atoms with E-state index in [4.69, 9.17) is 0 Å². The van der Waals surface area contributed by atoms with Crippen LogP contribution in [0.2, 0.25) is 0 Å². The molecule has 0 radical (unpaired) electrons. The first kappa shape index (κ1) is 15.5. The zero-order valence-corrected chi connectivity index (χ0v) is 14.4. The molecule has 0 bridgehead atoms. The van der Waals surface area contributed by atoms with Gasteiger partial charge in [0.2, 0.25) is 5.91 Å². The molecule has 2 saturated carbocycles. The maximum absolute atomic E-state index is 12.7. The lowest BCUT2D eigenvalue weighted by Gasteiger charge is -2.28. The van der Waals surface area contributed by atoms with E-state index in [0.717, 1.165) is 36.9 Å². The lowest BCUT2D eigenvalue weighted by molar-refractivity contribution is -0.129. The average molecular weight is 351 g/mol. The van der Waals surface area contributed by atoms with Crippen LogP contribution in [-0.4, -0.2) is 44.0 Å². The SMILES string of the molecule is O=C(N[C@@H]1CC(=O)N(C2CC2)[C@H]1c1cccnc1)c1cc(C2CC2)[nH]n1. The lowest BCUT2D eigenvalue weighted by Crippen LogP contribution is -2.40. The van der Waals surface area contributed by atoms with Gasteiger partial charge in [-0.25, -0.2) is 0 Å². The van der Waals surface area contributed by atoms with Crippen molar-refractivity contribution in [1.29, 1.82) is 0 Å². The summed E-state index contributed by atoms with van der Waals surface area (Å²) in [6.07, 6.45) is 8.21. The predicted molar refractivity (Wildman–Crippen MR) is 93.3 cm³/mol. The van der Waals surface area contributed by atoms with Crippen LogP contribution >= 0.6 is 0 Å². The van der Waals surface area contributed by atoms with Gasteiger partial charge in [-0.1, -0.05) is 6.07 Å². The maximum Gasteiger partial charge on any atom is 0.272 e. The van der Waals surface area contributed by atoms with Gasteiger partial charge in [0.25, 0.3) is 5.91 Å². The largest absolute Gasteiger partial charge is 0.345 e. The van der Waals surface area contributed by atoms with Crippen molar-refractivity contribution >= 4 is 11.8 Å². The molecule has 2 atom stereocenters. The first-order valence-corrected chi connectivity index (χ1v) is 9.28. The number of carbonyl (C=O) groups is 2. The van der Waals surface area contributed by atoms with Crippen LogP contribution in [-0.2, 0) is 4.79 Å². The Hall–Kier alpha value is -2.70. The topological polar surface area (TPSA) is 91.0 Å². The van der Waals surface area contributed by atoms with Gasteiger partial charge in [0.05, 0.1) is 12.1 Å². The third kappa shape index (κ3) is 2.77. The Bertz CT molecular complexity index is 841. The Morgan fingerprint density at radius 1 is 1.27 bits per heavy atom. The molecule has 134 valence electrons. The molecule has 5 rings (SSSR count). The van der Waals surface area contributed by atoms with E-state index >= 15 is 0 Å². The summed E-state index contributed by atoms with van der Waals surface area (Å²) in [5.74, 6) is 0.399. The number of hydrogen-bond acceptors (Lipinski definition) is 4. The van der Waals surface area contributed by atoms with Gasteiger partial charge in [-0.05, 0) is 43.4 Å². The van der Waals surface area contributed by atoms with Crippen molar-refractivity contribution in [3.8, 4) is 0 Å². The van der Waals surface area contributed by atoms with Gasteiger partial charge < -0.3 is 10.2 Å². The van der Waals surface area contributed by atoms with E-state index in [1.807, 2.05) is 23.1 Å². The van der Waals surface area contributed by atoms with Gasteiger partial charge in [-0.15, -0.1) is 0 Å². The smallest absolute Gasteiger partial charge is 0.272 e. The second-order valence-electron chi connectivity index (χ2n) is 7.53. The number of H-pyrrole nitrogens is 1. The molecule has 7 heteroatoms. The number of likely N-dealkylation sites (tertiary alicyclic amines) is 1.